The van der Waals surface area contributed by atoms with Crippen LogP contribution in [0, 0.1) is 16.5 Å². The maximum absolute atomic E-state index is 13.8. The summed E-state index contributed by atoms with van der Waals surface area (Å²) in [7, 11) is 0. The molecular weight excluding hydrogens is 327 g/mol. The van der Waals surface area contributed by atoms with Crippen molar-refractivity contribution in [2.24, 2.45) is 5.92 Å². The van der Waals surface area contributed by atoms with E-state index < -0.39 is 0 Å². The van der Waals surface area contributed by atoms with Gasteiger partial charge in [-0.3, -0.25) is 0 Å². The zero-order chi connectivity index (χ0) is 13.6. The van der Waals surface area contributed by atoms with E-state index in [9.17, 15) is 4.39 Å². The molecule has 102 valence electrons. The summed E-state index contributed by atoms with van der Waals surface area (Å²) in [6, 6.07) is 3.71. The van der Waals surface area contributed by atoms with Crippen molar-refractivity contribution in [3.63, 3.8) is 0 Å². The van der Waals surface area contributed by atoms with Crippen molar-refractivity contribution < 1.29 is 4.39 Å². The predicted octanol–water partition coefficient (Wildman–Crippen LogP) is 5.35. The Kier molecular flexibility index (Phi) is 3.52. The minimum atomic E-state index is -0.239. The maximum atomic E-state index is 13.8. The number of nitrogens with zero attached hydrogens (tertiary/aromatic N) is 1. The fraction of sp³-hybridized carbons (Fsp3) is 0.500. The van der Waals surface area contributed by atoms with Crippen LogP contribution in [-0.4, -0.2) is 9.55 Å². The van der Waals surface area contributed by atoms with Crippen LogP contribution in [0.3, 0.4) is 0 Å². The number of hydrogen-bond donors (Lipinski definition) is 1. The van der Waals surface area contributed by atoms with Gasteiger partial charge in [0.2, 0.25) is 0 Å². The first-order valence-corrected chi connectivity index (χ1v) is 7.89. The molecule has 5 heteroatoms. The molecule has 1 atom stereocenters. The summed E-state index contributed by atoms with van der Waals surface area (Å²) in [5.41, 5.74) is 1.77. The largest absolute Gasteiger partial charge is 0.331 e. The van der Waals surface area contributed by atoms with Crippen molar-refractivity contribution in [3.05, 3.63) is 27.2 Å². The van der Waals surface area contributed by atoms with Crippen LogP contribution >= 0.6 is 28.1 Å². The van der Waals surface area contributed by atoms with Crippen LogP contribution in [0.2, 0.25) is 0 Å². The quantitative estimate of drug-likeness (QED) is 0.742. The number of aromatic amines is 1. The molecule has 0 aliphatic heterocycles. The van der Waals surface area contributed by atoms with Gasteiger partial charge in [0.25, 0.3) is 0 Å². The highest BCUT2D eigenvalue weighted by Gasteiger charge is 2.26. The summed E-state index contributed by atoms with van der Waals surface area (Å²) >= 11 is 8.64. The Balaban J connectivity index is 2.12. The lowest BCUT2D eigenvalue weighted by Crippen LogP contribution is -2.09. The maximum Gasteiger partial charge on any atom is 0.178 e. The van der Waals surface area contributed by atoms with Crippen molar-refractivity contribution >= 4 is 39.2 Å². The van der Waals surface area contributed by atoms with Gasteiger partial charge in [0, 0.05) is 12.1 Å². The summed E-state index contributed by atoms with van der Waals surface area (Å²) in [5.74, 6) is 0.591. The summed E-state index contributed by atoms with van der Waals surface area (Å²) in [4.78, 5) is 3.18. The first-order valence-electron chi connectivity index (χ1n) is 6.69. The normalized spacial score (nSPS) is 17.0. The number of imidazole rings is 1. The molecule has 3 rings (SSSR count). The van der Waals surface area contributed by atoms with Crippen molar-refractivity contribution in [1.82, 2.24) is 9.55 Å². The number of halogens is 2. The standard InChI is InChI=1S/C14H16BrFN2S/c1-2-9(5-8-3-4-8)18-13-7-11(16)10(15)6-12(13)17-14(18)19/h6-9H,2-5H2,1H3,(H,17,19). The third-order valence-corrected chi connectivity index (χ3v) is 4.80. The highest BCUT2D eigenvalue weighted by Crippen LogP contribution is 2.39. The third-order valence-electron chi connectivity index (χ3n) is 3.90. The second-order valence-corrected chi connectivity index (χ2v) is 6.57. The smallest absolute Gasteiger partial charge is 0.178 e. The van der Waals surface area contributed by atoms with Crippen molar-refractivity contribution in [2.45, 2.75) is 38.6 Å². The number of nitrogens with one attached hydrogen (secondary N) is 1. The van der Waals surface area contributed by atoms with E-state index in [-0.39, 0.29) is 5.82 Å². The van der Waals surface area contributed by atoms with Gasteiger partial charge >= 0.3 is 0 Å². The van der Waals surface area contributed by atoms with Gasteiger partial charge < -0.3 is 9.55 Å². The molecule has 1 heterocycles. The second-order valence-electron chi connectivity index (χ2n) is 5.32. The van der Waals surface area contributed by atoms with Gasteiger partial charge in [-0.25, -0.2) is 4.39 Å². The first-order chi connectivity index (χ1) is 9.10. The molecule has 0 bridgehead atoms. The molecule has 1 saturated carbocycles. The van der Waals surface area contributed by atoms with Gasteiger partial charge in [0.15, 0.2) is 4.77 Å². The van der Waals surface area contributed by atoms with E-state index in [1.165, 1.54) is 12.8 Å². The fourth-order valence-electron chi connectivity index (χ4n) is 2.68. The number of benzene rings is 1. The number of fused-ring (bicyclic) bond motifs is 1. The zero-order valence-corrected chi connectivity index (χ0v) is 13.2. The monoisotopic (exact) mass is 342 g/mol. The molecule has 1 aromatic heterocycles. The topological polar surface area (TPSA) is 20.7 Å². The van der Waals surface area contributed by atoms with Crippen LogP contribution < -0.4 is 0 Å². The van der Waals surface area contributed by atoms with Gasteiger partial charge in [-0.05, 0) is 53.0 Å². The van der Waals surface area contributed by atoms with Gasteiger partial charge in [-0.2, -0.15) is 0 Å². The van der Waals surface area contributed by atoms with Gasteiger partial charge in [0.05, 0.1) is 15.5 Å². The minimum Gasteiger partial charge on any atom is -0.331 e. The summed E-state index contributed by atoms with van der Waals surface area (Å²) in [6.07, 6.45) is 4.82. The Morgan fingerprint density at radius 1 is 1.53 bits per heavy atom. The first kappa shape index (κ1) is 13.3. The molecule has 0 spiro atoms. The van der Waals surface area contributed by atoms with Crippen LogP contribution in [0.4, 0.5) is 4.39 Å². The molecule has 1 aromatic carbocycles. The second kappa shape index (κ2) is 5.02. The van der Waals surface area contributed by atoms with E-state index in [4.69, 9.17) is 12.2 Å². The molecule has 0 saturated heterocycles. The van der Waals surface area contributed by atoms with E-state index in [2.05, 4.69) is 32.4 Å². The Labute approximate surface area is 125 Å². The van der Waals surface area contributed by atoms with Crippen molar-refractivity contribution in [2.75, 3.05) is 0 Å². The number of H-pyrrole nitrogens is 1. The summed E-state index contributed by atoms with van der Waals surface area (Å²) in [5, 5.41) is 0. The van der Waals surface area contributed by atoms with E-state index in [1.807, 2.05) is 0 Å². The molecule has 0 radical (unpaired) electrons. The molecule has 1 unspecified atom stereocenters. The summed E-state index contributed by atoms with van der Waals surface area (Å²) in [6.45, 7) is 2.17. The lowest BCUT2D eigenvalue weighted by atomic mass is 10.1. The molecule has 1 aliphatic carbocycles. The lowest BCUT2D eigenvalue weighted by Gasteiger charge is -2.17. The van der Waals surface area contributed by atoms with Crippen LogP contribution in [0.15, 0.2) is 16.6 Å². The van der Waals surface area contributed by atoms with Crippen LogP contribution in [0.5, 0.6) is 0 Å². The Morgan fingerprint density at radius 2 is 2.26 bits per heavy atom. The molecule has 1 N–H and O–H groups in total. The van der Waals surface area contributed by atoms with E-state index in [0.717, 1.165) is 29.8 Å². The minimum absolute atomic E-state index is 0.239. The average molecular weight is 343 g/mol. The van der Waals surface area contributed by atoms with Gasteiger partial charge in [-0.1, -0.05) is 19.8 Å². The lowest BCUT2D eigenvalue weighted by molar-refractivity contribution is 0.434. The highest BCUT2D eigenvalue weighted by molar-refractivity contribution is 9.10. The number of aromatic nitrogens is 2. The van der Waals surface area contributed by atoms with Gasteiger partial charge in [-0.15, -0.1) is 0 Å². The molecule has 2 aromatic rings. The average Bonchev–Trinajstić information content (AvgIpc) is 3.13. The molecule has 1 fully saturated rings. The Hall–Kier alpha value is -0.680. The molecule has 0 amide bonds. The van der Waals surface area contributed by atoms with Crippen LogP contribution in [-0.2, 0) is 0 Å². The number of rotatable bonds is 4. The van der Waals surface area contributed by atoms with E-state index in [0.29, 0.717) is 15.3 Å². The zero-order valence-electron chi connectivity index (χ0n) is 10.7. The van der Waals surface area contributed by atoms with Crippen LogP contribution in [0.25, 0.3) is 11.0 Å². The predicted molar refractivity (Wildman–Crippen MR) is 81.4 cm³/mol. The molecule has 2 nitrogen and oxygen atoms in total. The third kappa shape index (κ3) is 2.50. The molecular formula is C14H16BrFN2S. The van der Waals surface area contributed by atoms with Crippen LogP contribution in [0.1, 0.15) is 38.6 Å². The molecule has 1 aliphatic rings. The fourth-order valence-corrected chi connectivity index (χ4v) is 3.38. The molecule has 19 heavy (non-hydrogen) atoms. The Bertz CT molecular complexity index is 672. The number of hydrogen-bond acceptors (Lipinski definition) is 1. The summed E-state index contributed by atoms with van der Waals surface area (Å²) < 4.78 is 17.0. The SMILES string of the molecule is CCC(CC1CC1)n1c(=S)[nH]c2cc(Br)c(F)cc21. The van der Waals surface area contributed by atoms with E-state index in [1.54, 1.807) is 12.1 Å². The Morgan fingerprint density at radius 3 is 2.89 bits per heavy atom. The van der Waals surface area contributed by atoms with E-state index >= 15 is 0 Å². The van der Waals surface area contributed by atoms with Crippen molar-refractivity contribution in [1.29, 1.82) is 0 Å². The van der Waals surface area contributed by atoms with Gasteiger partial charge in [0.1, 0.15) is 5.82 Å². The van der Waals surface area contributed by atoms with Crippen molar-refractivity contribution in [3.8, 4) is 0 Å². The highest BCUT2D eigenvalue weighted by atomic mass is 79.9.